The second-order valence-electron chi connectivity index (χ2n) is 6.08. The first-order chi connectivity index (χ1) is 11.5. The maximum atomic E-state index is 12.6. The van der Waals surface area contributed by atoms with Crippen molar-refractivity contribution in [3.8, 4) is 5.75 Å². The van der Waals surface area contributed by atoms with Crippen LogP contribution in [-0.4, -0.2) is 23.5 Å². The van der Waals surface area contributed by atoms with Gasteiger partial charge in [0, 0.05) is 29.3 Å². The summed E-state index contributed by atoms with van der Waals surface area (Å²) in [4.78, 5) is 25.1. The molecule has 5 heteroatoms. The van der Waals surface area contributed by atoms with Gasteiger partial charge in [0.2, 0.25) is 0 Å². The molecule has 5 nitrogen and oxygen atoms in total. The maximum Gasteiger partial charge on any atom is 0.336 e. The van der Waals surface area contributed by atoms with Crippen molar-refractivity contribution in [1.29, 1.82) is 0 Å². The molecule has 0 radical (unpaired) electrons. The summed E-state index contributed by atoms with van der Waals surface area (Å²) in [6.45, 7) is 3.87. The molecule has 0 amide bonds. The first-order valence-corrected chi connectivity index (χ1v) is 8.23. The number of ketones is 1. The van der Waals surface area contributed by atoms with Crippen molar-refractivity contribution >= 4 is 11.8 Å². The van der Waals surface area contributed by atoms with Crippen LogP contribution in [0.4, 0.5) is 0 Å². The Kier molecular flexibility index (Phi) is 4.42. The van der Waals surface area contributed by atoms with Crippen LogP contribution in [0.2, 0.25) is 0 Å². The third kappa shape index (κ3) is 2.82. The third-order valence-corrected chi connectivity index (χ3v) is 4.50. The molecule has 1 unspecified atom stereocenters. The van der Waals surface area contributed by atoms with Crippen molar-refractivity contribution < 1.29 is 19.4 Å². The Labute approximate surface area is 141 Å². The third-order valence-electron chi connectivity index (χ3n) is 4.50. The zero-order valence-corrected chi connectivity index (χ0v) is 13.9. The van der Waals surface area contributed by atoms with E-state index in [1.54, 1.807) is 31.2 Å². The number of benzene rings is 1. The van der Waals surface area contributed by atoms with E-state index >= 15 is 0 Å². The van der Waals surface area contributed by atoms with Crippen LogP contribution in [0, 0.1) is 0 Å². The lowest BCUT2D eigenvalue weighted by Gasteiger charge is -2.34. The van der Waals surface area contributed by atoms with Gasteiger partial charge in [-0.15, -0.1) is 0 Å². The summed E-state index contributed by atoms with van der Waals surface area (Å²) in [6.07, 6.45) is 2.10. The highest BCUT2D eigenvalue weighted by Gasteiger charge is 2.38. The number of Topliss-reactive ketones (excluding diaryl/α,β-unsaturated/α-hetero) is 1. The van der Waals surface area contributed by atoms with Crippen LogP contribution in [0.15, 0.2) is 46.8 Å². The maximum absolute atomic E-state index is 12.6. The zero-order chi connectivity index (χ0) is 17.3. The van der Waals surface area contributed by atoms with E-state index in [-0.39, 0.29) is 18.1 Å². The lowest BCUT2D eigenvalue weighted by molar-refractivity contribution is -0.138. The highest BCUT2D eigenvalue weighted by molar-refractivity contribution is 6.03. The van der Waals surface area contributed by atoms with Gasteiger partial charge in [0.25, 0.3) is 0 Å². The molecule has 1 aliphatic heterocycles. The average molecular weight is 327 g/mol. The number of ether oxygens (including phenoxy) is 1. The van der Waals surface area contributed by atoms with Gasteiger partial charge in [0.15, 0.2) is 5.78 Å². The van der Waals surface area contributed by atoms with E-state index in [1.165, 1.54) is 0 Å². The number of rotatable bonds is 3. The van der Waals surface area contributed by atoms with Crippen LogP contribution in [-0.2, 0) is 14.3 Å². The number of nitrogens with one attached hydrogen (secondary N) is 1. The molecule has 2 N–H and O–H groups in total. The van der Waals surface area contributed by atoms with Crippen molar-refractivity contribution in [2.24, 2.45) is 0 Å². The van der Waals surface area contributed by atoms with Gasteiger partial charge >= 0.3 is 5.97 Å². The minimum atomic E-state index is -0.450. The van der Waals surface area contributed by atoms with Gasteiger partial charge in [-0.05, 0) is 44.4 Å². The van der Waals surface area contributed by atoms with Crippen molar-refractivity contribution in [3.05, 3.63) is 52.4 Å². The fourth-order valence-corrected chi connectivity index (χ4v) is 3.46. The summed E-state index contributed by atoms with van der Waals surface area (Å²) in [5.41, 5.74) is 3.55. The van der Waals surface area contributed by atoms with Gasteiger partial charge in [-0.3, -0.25) is 4.79 Å². The molecule has 2 aliphatic rings. The molecular weight excluding hydrogens is 306 g/mol. The molecule has 126 valence electrons. The fraction of sp³-hybridized carbons (Fsp3) is 0.368. The lowest BCUT2D eigenvalue weighted by Crippen LogP contribution is -2.34. The Balaban J connectivity index is 2.15. The van der Waals surface area contributed by atoms with Crippen LogP contribution in [0.5, 0.6) is 5.75 Å². The van der Waals surface area contributed by atoms with Crippen molar-refractivity contribution in [3.63, 3.8) is 0 Å². The van der Waals surface area contributed by atoms with E-state index in [0.29, 0.717) is 17.6 Å². The Bertz CT molecular complexity index is 743. The fourth-order valence-electron chi connectivity index (χ4n) is 3.46. The molecule has 1 aliphatic carbocycles. The van der Waals surface area contributed by atoms with Gasteiger partial charge in [0.1, 0.15) is 5.75 Å². The van der Waals surface area contributed by atoms with Gasteiger partial charge in [0.05, 0.1) is 12.2 Å². The number of carbonyl (C=O) groups excluding carboxylic acids is 2. The molecule has 0 bridgehead atoms. The quantitative estimate of drug-likeness (QED) is 0.835. The molecule has 1 atom stereocenters. The second-order valence-corrected chi connectivity index (χ2v) is 6.08. The predicted molar refractivity (Wildman–Crippen MR) is 89.2 cm³/mol. The van der Waals surface area contributed by atoms with Crippen molar-refractivity contribution in [2.45, 2.75) is 39.0 Å². The van der Waals surface area contributed by atoms with Crippen molar-refractivity contribution in [1.82, 2.24) is 5.32 Å². The van der Waals surface area contributed by atoms with E-state index in [2.05, 4.69) is 5.32 Å². The molecule has 3 rings (SSSR count). The van der Waals surface area contributed by atoms with Crippen LogP contribution < -0.4 is 5.32 Å². The van der Waals surface area contributed by atoms with Gasteiger partial charge in [-0.1, -0.05) is 12.1 Å². The van der Waals surface area contributed by atoms with E-state index in [4.69, 9.17) is 4.74 Å². The average Bonchev–Trinajstić information content (AvgIpc) is 2.55. The standard InChI is InChI=1S/C19H21NO4/c1-3-24-19(23)16-11(2)20-14-5-4-6-15(22)18(14)17(16)12-7-9-13(21)10-8-12/h7-10,17,20-21H,3-6H2,1-2H3. The number of esters is 1. The summed E-state index contributed by atoms with van der Waals surface area (Å²) < 4.78 is 5.22. The first-order valence-electron chi connectivity index (χ1n) is 8.23. The lowest BCUT2D eigenvalue weighted by atomic mass is 9.75. The summed E-state index contributed by atoms with van der Waals surface area (Å²) in [7, 11) is 0. The monoisotopic (exact) mass is 327 g/mol. The van der Waals surface area contributed by atoms with Crippen LogP contribution in [0.3, 0.4) is 0 Å². The van der Waals surface area contributed by atoms with Crippen molar-refractivity contribution in [2.75, 3.05) is 6.61 Å². The van der Waals surface area contributed by atoms with Crippen LogP contribution >= 0.6 is 0 Å². The van der Waals surface area contributed by atoms with E-state index in [0.717, 1.165) is 29.8 Å². The number of allylic oxidation sites excluding steroid dienone is 3. The highest BCUT2D eigenvalue weighted by atomic mass is 16.5. The molecule has 0 aromatic heterocycles. The number of phenolic OH excluding ortho intramolecular Hbond substituents is 1. The second kappa shape index (κ2) is 6.51. The summed E-state index contributed by atoms with van der Waals surface area (Å²) in [5, 5.41) is 12.8. The van der Waals surface area contributed by atoms with Crippen LogP contribution in [0.1, 0.15) is 44.6 Å². The largest absolute Gasteiger partial charge is 0.508 e. The number of hydrogen-bond acceptors (Lipinski definition) is 5. The van der Waals surface area contributed by atoms with Gasteiger partial charge in [-0.25, -0.2) is 4.79 Å². The Morgan fingerprint density at radius 1 is 1.29 bits per heavy atom. The molecule has 0 fully saturated rings. The van der Waals surface area contributed by atoms with E-state index in [1.807, 2.05) is 6.92 Å². The summed E-state index contributed by atoms with van der Waals surface area (Å²) in [5.74, 6) is -0.648. The van der Waals surface area contributed by atoms with E-state index < -0.39 is 11.9 Å². The minimum Gasteiger partial charge on any atom is -0.508 e. The number of dihydropyridines is 1. The molecule has 0 saturated heterocycles. The zero-order valence-electron chi connectivity index (χ0n) is 13.9. The predicted octanol–water partition coefficient (Wildman–Crippen LogP) is 2.92. The first kappa shape index (κ1) is 16.3. The number of phenols is 1. The molecule has 1 heterocycles. The minimum absolute atomic E-state index is 0.0659. The molecule has 24 heavy (non-hydrogen) atoms. The molecule has 1 aromatic carbocycles. The number of aromatic hydroxyl groups is 1. The SMILES string of the molecule is CCOC(=O)C1=C(C)NC2=C(C(=O)CCC2)C1c1ccc(O)cc1. The highest BCUT2D eigenvalue weighted by Crippen LogP contribution is 2.42. The molecular formula is C19H21NO4. The normalized spacial score (nSPS) is 20.6. The van der Waals surface area contributed by atoms with Gasteiger partial charge in [-0.2, -0.15) is 0 Å². The Hall–Kier alpha value is -2.56. The smallest absolute Gasteiger partial charge is 0.336 e. The van der Waals surface area contributed by atoms with E-state index in [9.17, 15) is 14.7 Å². The molecule has 0 saturated carbocycles. The molecule has 1 aromatic rings. The van der Waals surface area contributed by atoms with Gasteiger partial charge < -0.3 is 15.2 Å². The van der Waals surface area contributed by atoms with Crippen LogP contribution in [0.25, 0.3) is 0 Å². The Morgan fingerprint density at radius 2 is 2.00 bits per heavy atom. The Morgan fingerprint density at radius 3 is 2.67 bits per heavy atom. The summed E-state index contributed by atoms with van der Waals surface area (Å²) >= 11 is 0. The topological polar surface area (TPSA) is 75.6 Å². The molecule has 0 spiro atoms. The number of hydrogen-bond donors (Lipinski definition) is 2. The summed E-state index contributed by atoms with van der Waals surface area (Å²) in [6, 6.07) is 6.65. The number of carbonyl (C=O) groups is 2.